The molecule has 1 aliphatic rings. The summed E-state index contributed by atoms with van der Waals surface area (Å²) in [5.41, 5.74) is 5.88. The molecule has 1 aliphatic heterocycles. The van der Waals surface area contributed by atoms with Crippen LogP contribution in [0.2, 0.25) is 0 Å². The van der Waals surface area contributed by atoms with Crippen LogP contribution in [0, 0.1) is 11.8 Å². The average Bonchev–Trinajstić information content (AvgIpc) is 2.37. The highest BCUT2D eigenvalue weighted by molar-refractivity contribution is 5.81. The quantitative estimate of drug-likeness (QED) is 0.765. The molecular formula is C14H26N2O3. The minimum absolute atomic E-state index is 0.0223. The number of aliphatic carboxylic acids is 1. The Balaban J connectivity index is 2.54. The van der Waals surface area contributed by atoms with Gasteiger partial charge in [-0.2, -0.15) is 0 Å². The Hall–Kier alpha value is -1.10. The lowest BCUT2D eigenvalue weighted by Gasteiger charge is -2.36. The number of carboxylic acid groups (broad SMARTS) is 1. The van der Waals surface area contributed by atoms with E-state index in [1.165, 1.54) is 0 Å². The standard InChI is InChI=1S/C14H26N2O3/c1-3-5-12(15)14(19)16-7-4-6-11(9-16)10(2)8-13(17)18/h10-12H,3-9,15H2,1-2H3,(H,17,18)/t10?,11?,12-/m1/s1. The summed E-state index contributed by atoms with van der Waals surface area (Å²) in [6.07, 6.45) is 3.73. The number of likely N-dealkylation sites (tertiary alicyclic amines) is 1. The molecule has 0 aromatic rings. The molecule has 0 saturated carbocycles. The highest BCUT2D eigenvalue weighted by atomic mass is 16.4. The topological polar surface area (TPSA) is 83.6 Å². The number of hydrogen-bond acceptors (Lipinski definition) is 3. The molecule has 0 bridgehead atoms. The summed E-state index contributed by atoms with van der Waals surface area (Å²) < 4.78 is 0. The van der Waals surface area contributed by atoms with E-state index in [9.17, 15) is 9.59 Å². The zero-order chi connectivity index (χ0) is 14.4. The van der Waals surface area contributed by atoms with Crippen molar-refractivity contribution in [1.29, 1.82) is 0 Å². The SMILES string of the molecule is CCC[C@@H](N)C(=O)N1CCCC(C(C)CC(=O)O)C1. The van der Waals surface area contributed by atoms with Crippen molar-refractivity contribution in [3.8, 4) is 0 Å². The fourth-order valence-electron chi connectivity index (χ4n) is 2.79. The van der Waals surface area contributed by atoms with Crippen molar-refractivity contribution < 1.29 is 14.7 Å². The Morgan fingerprint density at radius 1 is 1.47 bits per heavy atom. The summed E-state index contributed by atoms with van der Waals surface area (Å²) in [5.74, 6) is -0.356. The number of carbonyl (C=O) groups excluding carboxylic acids is 1. The lowest BCUT2D eigenvalue weighted by atomic mass is 9.84. The third kappa shape index (κ3) is 4.82. The average molecular weight is 270 g/mol. The maximum Gasteiger partial charge on any atom is 0.303 e. The number of hydrogen-bond donors (Lipinski definition) is 2. The molecule has 110 valence electrons. The zero-order valence-corrected chi connectivity index (χ0v) is 12.0. The van der Waals surface area contributed by atoms with Crippen molar-refractivity contribution in [3.63, 3.8) is 0 Å². The summed E-state index contributed by atoms with van der Waals surface area (Å²) in [7, 11) is 0. The van der Waals surface area contributed by atoms with Crippen molar-refractivity contribution >= 4 is 11.9 Å². The molecule has 1 amide bonds. The van der Waals surface area contributed by atoms with E-state index in [1.54, 1.807) is 0 Å². The molecule has 0 spiro atoms. The van der Waals surface area contributed by atoms with Crippen molar-refractivity contribution in [1.82, 2.24) is 4.90 Å². The highest BCUT2D eigenvalue weighted by Gasteiger charge is 2.30. The maximum absolute atomic E-state index is 12.2. The fourth-order valence-corrected chi connectivity index (χ4v) is 2.79. The Bertz CT molecular complexity index is 320. The minimum atomic E-state index is -0.765. The number of piperidine rings is 1. The van der Waals surface area contributed by atoms with Gasteiger partial charge in [-0.25, -0.2) is 0 Å². The molecule has 0 aliphatic carbocycles. The monoisotopic (exact) mass is 270 g/mol. The van der Waals surface area contributed by atoms with Crippen molar-refractivity contribution in [2.75, 3.05) is 13.1 Å². The number of rotatable bonds is 6. The molecule has 0 radical (unpaired) electrons. The van der Waals surface area contributed by atoms with Gasteiger partial charge in [0.1, 0.15) is 0 Å². The van der Waals surface area contributed by atoms with E-state index in [0.717, 1.165) is 25.8 Å². The van der Waals surface area contributed by atoms with Gasteiger partial charge >= 0.3 is 5.97 Å². The first-order chi connectivity index (χ1) is 8.95. The summed E-state index contributed by atoms with van der Waals surface area (Å²) >= 11 is 0. The fraction of sp³-hybridized carbons (Fsp3) is 0.857. The lowest BCUT2D eigenvalue weighted by Crippen LogP contribution is -2.48. The van der Waals surface area contributed by atoms with Crippen LogP contribution >= 0.6 is 0 Å². The second kappa shape index (κ2) is 7.48. The molecule has 1 heterocycles. The van der Waals surface area contributed by atoms with E-state index in [4.69, 9.17) is 10.8 Å². The molecule has 1 fully saturated rings. The number of carbonyl (C=O) groups is 2. The maximum atomic E-state index is 12.2. The molecule has 5 heteroatoms. The molecule has 2 unspecified atom stereocenters. The molecule has 5 nitrogen and oxygen atoms in total. The van der Waals surface area contributed by atoms with Gasteiger partial charge in [0.2, 0.25) is 5.91 Å². The normalized spacial score (nSPS) is 22.9. The Morgan fingerprint density at radius 3 is 2.74 bits per heavy atom. The van der Waals surface area contributed by atoms with E-state index in [0.29, 0.717) is 13.0 Å². The van der Waals surface area contributed by atoms with E-state index in [-0.39, 0.29) is 24.2 Å². The number of amides is 1. The van der Waals surface area contributed by atoms with Gasteiger partial charge in [0, 0.05) is 19.5 Å². The lowest BCUT2D eigenvalue weighted by molar-refractivity contribution is -0.138. The molecule has 3 N–H and O–H groups in total. The minimum Gasteiger partial charge on any atom is -0.481 e. The van der Waals surface area contributed by atoms with Crippen LogP contribution < -0.4 is 5.73 Å². The highest BCUT2D eigenvalue weighted by Crippen LogP contribution is 2.26. The van der Waals surface area contributed by atoms with E-state index >= 15 is 0 Å². The largest absolute Gasteiger partial charge is 0.481 e. The second-order valence-corrected chi connectivity index (χ2v) is 5.66. The third-order valence-electron chi connectivity index (χ3n) is 3.99. The number of nitrogens with two attached hydrogens (primary N) is 1. The molecule has 0 aromatic carbocycles. The second-order valence-electron chi connectivity index (χ2n) is 5.66. The Morgan fingerprint density at radius 2 is 2.16 bits per heavy atom. The van der Waals surface area contributed by atoms with Crippen molar-refractivity contribution in [2.24, 2.45) is 17.6 Å². The van der Waals surface area contributed by atoms with E-state index in [2.05, 4.69) is 0 Å². The first-order valence-corrected chi connectivity index (χ1v) is 7.21. The molecule has 3 atom stereocenters. The molecular weight excluding hydrogens is 244 g/mol. The summed E-state index contributed by atoms with van der Waals surface area (Å²) in [5, 5.41) is 8.85. The van der Waals surface area contributed by atoms with Gasteiger partial charge in [0.15, 0.2) is 0 Å². The summed E-state index contributed by atoms with van der Waals surface area (Å²) in [4.78, 5) is 24.7. The van der Waals surface area contributed by atoms with Crippen LogP contribution in [0.3, 0.4) is 0 Å². The molecule has 19 heavy (non-hydrogen) atoms. The van der Waals surface area contributed by atoms with Gasteiger partial charge < -0.3 is 15.7 Å². The number of carboxylic acids is 1. The molecule has 0 aromatic heterocycles. The van der Waals surface area contributed by atoms with E-state index in [1.807, 2.05) is 18.7 Å². The van der Waals surface area contributed by atoms with Crippen LogP contribution in [-0.2, 0) is 9.59 Å². The Kier molecular flexibility index (Phi) is 6.28. The van der Waals surface area contributed by atoms with Crippen LogP contribution in [0.5, 0.6) is 0 Å². The molecule has 1 rings (SSSR count). The van der Waals surface area contributed by atoms with Gasteiger partial charge in [-0.1, -0.05) is 20.3 Å². The third-order valence-corrected chi connectivity index (χ3v) is 3.99. The Labute approximate surface area is 115 Å². The van der Waals surface area contributed by atoms with Crippen molar-refractivity contribution in [2.45, 2.75) is 52.0 Å². The van der Waals surface area contributed by atoms with Gasteiger partial charge in [-0.15, -0.1) is 0 Å². The summed E-state index contributed by atoms with van der Waals surface area (Å²) in [6.45, 7) is 5.39. The molecule has 1 saturated heterocycles. The zero-order valence-electron chi connectivity index (χ0n) is 12.0. The van der Waals surface area contributed by atoms with Gasteiger partial charge in [0.25, 0.3) is 0 Å². The first-order valence-electron chi connectivity index (χ1n) is 7.21. The van der Waals surface area contributed by atoms with Crippen molar-refractivity contribution in [3.05, 3.63) is 0 Å². The smallest absolute Gasteiger partial charge is 0.303 e. The van der Waals surface area contributed by atoms with Gasteiger partial charge in [-0.05, 0) is 31.1 Å². The van der Waals surface area contributed by atoms with E-state index < -0.39 is 12.0 Å². The van der Waals surface area contributed by atoms with Crippen LogP contribution in [-0.4, -0.2) is 41.0 Å². The van der Waals surface area contributed by atoms with Crippen LogP contribution in [0.25, 0.3) is 0 Å². The first kappa shape index (κ1) is 16.0. The summed E-state index contributed by atoms with van der Waals surface area (Å²) in [6, 6.07) is -0.404. The van der Waals surface area contributed by atoms with Gasteiger partial charge in [-0.3, -0.25) is 9.59 Å². The van der Waals surface area contributed by atoms with Crippen LogP contribution in [0.4, 0.5) is 0 Å². The van der Waals surface area contributed by atoms with Crippen LogP contribution in [0.1, 0.15) is 46.0 Å². The van der Waals surface area contributed by atoms with Gasteiger partial charge in [0.05, 0.1) is 6.04 Å². The van der Waals surface area contributed by atoms with Crippen LogP contribution in [0.15, 0.2) is 0 Å². The predicted octanol–water partition coefficient (Wildman–Crippen LogP) is 1.46. The predicted molar refractivity (Wildman–Crippen MR) is 73.6 cm³/mol. The number of nitrogens with zero attached hydrogens (tertiary/aromatic N) is 1.